The molecule has 5 rings (SSSR count). The van der Waals surface area contributed by atoms with E-state index in [9.17, 15) is 22.8 Å². The van der Waals surface area contributed by atoms with Crippen LogP contribution in [0.15, 0.2) is 60.7 Å². The smallest absolute Gasteiger partial charge is 0.339 e. The number of para-hydroxylation sites is 1. The maximum Gasteiger partial charge on any atom is 0.339 e. The van der Waals surface area contributed by atoms with Gasteiger partial charge in [-0.05, 0) is 25.1 Å². The van der Waals surface area contributed by atoms with Crippen molar-refractivity contribution in [3.63, 3.8) is 0 Å². The third-order valence-corrected chi connectivity index (χ3v) is 6.30. The minimum absolute atomic E-state index is 0.0191. The maximum absolute atomic E-state index is 13.9. The van der Waals surface area contributed by atoms with Crippen LogP contribution in [-0.2, 0) is 9.53 Å². The lowest BCUT2D eigenvalue weighted by molar-refractivity contribution is -0.119. The SMILES string of the molecule is Cc1ccc(-c2cc(C(=O)OCC(=O)Nc3nc4c(F)c(F)c(F)cc4s3)c3ccccc3n2)cc1. The highest BCUT2D eigenvalue weighted by molar-refractivity contribution is 7.22. The van der Waals surface area contributed by atoms with E-state index in [1.165, 1.54) is 0 Å². The number of benzene rings is 3. The summed E-state index contributed by atoms with van der Waals surface area (Å²) in [5.74, 6) is -5.93. The standard InChI is InChI=1S/C26H16F3N3O3S/c1-13-6-8-14(9-7-13)19-10-16(15-4-2-3-5-18(15)30-19)25(34)35-12-21(33)31-26-32-24-20(36-26)11-17(27)22(28)23(24)29/h2-11H,12H2,1H3,(H,31,32,33). The summed E-state index contributed by atoms with van der Waals surface area (Å²) in [4.78, 5) is 33.7. The minimum Gasteiger partial charge on any atom is -0.452 e. The molecule has 0 bridgehead atoms. The zero-order chi connectivity index (χ0) is 25.4. The molecule has 0 saturated carbocycles. The van der Waals surface area contributed by atoms with E-state index in [2.05, 4.69) is 15.3 Å². The van der Waals surface area contributed by atoms with Crippen LogP contribution in [0.3, 0.4) is 0 Å². The Morgan fingerprint density at radius 1 is 0.972 bits per heavy atom. The van der Waals surface area contributed by atoms with Crippen LogP contribution >= 0.6 is 11.3 Å². The average Bonchev–Trinajstić information content (AvgIpc) is 3.27. The van der Waals surface area contributed by atoms with E-state index in [0.717, 1.165) is 28.5 Å². The van der Waals surface area contributed by atoms with Crippen molar-refractivity contribution in [3.05, 3.63) is 89.2 Å². The molecule has 0 aliphatic carbocycles. The first-order chi connectivity index (χ1) is 17.3. The molecule has 0 radical (unpaired) electrons. The monoisotopic (exact) mass is 507 g/mol. The number of hydrogen-bond donors (Lipinski definition) is 1. The molecule has 180 valence electrons. The number of rotatable bonds is 5. The second-order valence-electron chi connectivity index (χ2n) is 7.91. The number of nitrogens with zero attached hydrogens (tertiary/aromatic N) is 2. The fraction of sp³-hybridized carbons (Fsp3) is 0.0769. The number of nitrogens with one attached hydrogen (secondary N) is 1. The Balaban J connectivity index is 1.35. The molecule has 1 amide bonds. The van der Waals surface area contributed by atoms with Crippen LogP contribution in [0.1, 0.15) is 15.9 Å². The largest absolute Gasteiger partial charge is 0.452 e. The molecular formula is C26H16F3N3O3S. The molecule has 0 fully saturated rings. The van der Waals surface area contributed by atoms with Gasteiger partial charge < -0.3 is 4.74 Å². The van der Waals surface area contributed by atoms with E-state index in [-0.39, 0.29) is 15.4 Å². The zero-order valence-corrected chi connectivity index (χ0v) is 19.5. The number of esters is 1. The van der Waals surface area contributed by atoms with Crippen LogP contribution in [0.5, 0.6) is 0 Å². The number of amides is 1. The predicted octanol–water partition coefficient (Wildman–Crippen LogP) is 6.03. The summed E-state index contributed by atoms with van der Waals surface area (Å²) in [6.07, 6.45) is 0. The van der Waals surface area contributed by atoms with E-state index in [4.69, 9.17) is 4.74 Å². The molecule has 2 heterocycles. The summed E-state index contributed by atoms with van der Waals surface area (Å²) in [6.45, 7) is 1.31. The number of ether oxygens (including phenoxy) is 1. The van der Waals surface area contributed by atoms with Crippen molar-refractivity contribution in [2.45, 2.75) is 6.92 Å². The Morgan fingerprint density at radius 2 is 1.72 bits per heavy atom. The van der Waals surface area contributed by atoms with Crippen molar-refractivity contribution in [1.29, 1.82) is 0 Å². The van der Waals surface area contributed by atoms with Crippen molar-refractivity contribution in [1.82, 2.24) is 9.97 Å². The van der Waals surface area contributed by atoms with Crippen molar-refractivity contribution in [2.75, 3.05) is 11.9 Å². The Kier molecular flexibility index (Phi) is 6.11. The predicted molar refractivity (Wildman–Crippen MR) is 130 cm³/mol. The number of aromatic nitrogens is 2. The molecular weight excluding hydrogens is 491 g/mol. The Labute approximate surface area is 206 Å². The molecule has 36 heavy (non-hydrogen) atoms. The van der Waals surface area contributed by atoms with Crippen molar-refractivity contribution in [3.8, 4) is 11.3 Å². The van der Waals surface area contributed by atoms with Gasteiger partial charge in [0.25, 0.3) is 5.91 Å². The van der Waals surface area contributed by atoms with Gasteiger partial charge in [0.15, 0.2) is 29.2 Å². The number of fused-ring (bicyclic) bond motifs is 2. The topological polar surface area (TPSA) is 81.2 Å². The Hall–Kier alpha value is -4.31. The highest BCUT2D eigenvalue weighted by Gasteiger charge is 2.20. The van der Waals surface area contributed by atoms with Crippen molar-refractivity contribution >= 4 is 49.5 Å². The molecule has 0 unspecified atom stereocenters. The molecule has 0 aliphatic heterocycles. The highest BCUT2D eigenvalue weighted by Crippen LogP contribution is 2.30. The zero-order valence-electron chi connectivity index (χ0n) is 18.6. The van der Waals surface area contributed by atoms with Crippen LogP contribution in [0, 0.1) is 24.4 Å². The van der Waals surface area contributed by atoms with Crippen molar-refractivity contribution < 1.29 is 27.5 Å². The second-order valence-corrected chi connectivity index (χ2v) is 8.95. The maximum atomic E-state index is 13.9. The number of halogens is 3. The van der Waals surface area contributed by atoms with Crippen LogP contribution in [0.4, 0.5) is 18.3 Å². The summed E-state index contributed by atoms with van der Waals surface area (Å²) in [5, 5.41) is 2.82. The minimum atomic E-state index is -1.64. The van der Waals surface area contributed by atoms with Gasteiger partial charge in [0, 0.05) is 10.9 Å². The number of anilines is 1. The van der Waals surface area contributed by atoms with Gasteiger partial charge in [0.1, 0.15) is 5.52 Å². The lowest BCUT2D eigenvalue weighted by Gasteiger charge is -2.10. The summed E-state index contributed by atoms with van der Waals surface area (Å²) in [7, 11) is 0. The Morgan fingerprint density at radius 3 is 2.50 bits per heavy atom. The van der Waals surface area contributed by atoms with E-state index in [0.29, 0.717) is 16.6 Å². The normalized spacial score (nSPS) is 11.1. The summed E-state index contributed by atoms with van der Waals surface area (Å²) in [6, 6.07) is 17.1. The lowest BCUT2D eigenvalue weighted by atomic mass is 10.0. The van der Waals surface area contributed by atoms with Crippen molar-refractivity contribution in [2.24, 2.45) is 0 Å². The molecule has 1 N–H and O–H groups in total. The fourth-order valence-corrected chi connectivity index (χ4v) is 4.51. The van der Waals surface area contributed by atoms with Gasteiger partial charge in [-0.2, -0.15) is 0 Å². The van der Waals surface area contributed by atoms with E-state index in [1.807, 2.05) is 31.2 Å². The lowest BCUT2D eigenvalue weighted by Crippen LogP contribution is -2.21. The van der Waals surface area contributed by atoms with Crippen LogP contribution < -0.4 is 5.32 Å². The second kappa shape index (κ2) is 9.38. The first-order valence-corrected chi connectivity index (χ1v) is 11.5. The number of carbonyl (C=O) groups is 2. The molecule has 0 spiro atoms. The van der Waals surface area contributed by atoms with Crippen LogP contribution in [0.2, 0.25) is 0 Å². The molecule has 0 atom stereocenters. The van der Waals surface area contributed by atoms with Crippen LogP contribution in [0.25, 0.3) is 32.4 Å². The molecule has 6 nitrogen and oxygen atoms in total. The number of carbonyl (C=O) groups excluding carboxylic acids is 2. The number of pyridine rings is 1. The third-order valence-electron chi connectivity index (χ3n) is 5.39. The fourth-order valence-electron chi connectivity index (χ4n) is 3.61. The quantitative estimate of drug-likeness (QED) is 0.232. The van der Waals surface area contributed by atoms with Gasteiger partial charge in [-0.25, -0.2) is 27.9 Å². The molecule has 0 saturated heterocycles. The van der Waals surface area contributed by atoms with Gasteiger partial charge in [-0.15, -0.1) is 0 Å². The number of hydrogen-bond acceptors (Lipinski definition) is 6. The van der Waals surface area contributed by atoms with E-state index in [1.54, 1.807) is 30.3 Å². The summed E-state index contributed by atoms with van der Waals surface area (Å²) < 4.78 is 46.0. The molecule has 5 aromatic rings. The van der Waals surface area contributed by atoms with Gasteiger partial charge in [-0.3, -0.25) is 10.1 Å². The first kappa shape index (κ1) is 23.4. The molecule has 2 aromatic heterocycles. The van der Waals surface area contributed by atoms with E-state index < -0.39 is 41.5 Å². The molecule has 10 heteroatoms. The first-order valence-electron chi connectivity index (χ1n) is 10.7. The highest BCUT2D eigenvalue weighted by atomic mass is 32.1. The summed E-state index contributed by atoms with van der Waals surface area (Å²) in [5.41, 5.74) is 2.88. The van der Waals surface area contributed by atoms with Gasteiger partial charge in [-0.1, -0.05) is 59.4 Å². The van der Waals surface area contributed by atoms with Gasteiger partial charge in [0.2, 0.25) is 0 Å². The van der Waals surface area contributed by atoms with Gasteiger partial charge in [0.05, 0.1) is 21.5 Å². The average molecular weight is 507 g/mol. The Bertz CT molecular complexity index is 1650. The number of aryl methyl sites for hydroxylation is 1. The van der Waals surface area contributed by atoms with E-state index >= 15 is 0 Å². The third kappa shape index (κ3) is 4.50. The summed E-state index contributed by atoms with van der Waals surface area (Å²) >= 11 is 0.757. The van der Waals surface area contributed by atoms with Gasteiger partial charge >= 0.3 is 5.97 Å². The molecule has 3 aromatic carbocycles. The number of thiazole rings is 1. The van der Waals surface area contributed by atoms with Crippen LogP contribution in [-0.4, -0.2) is 28.5 Å². The molecule has 0 aliphatic rings.